The van der Waals surface area contributed by atoms with Crippen molar-refractivity contribution in [2.24, 2.45) is 0 Å². The number of hydrogen-bond acceptors (Lipinski definition) is 9. The predicted molar refractivity (Wildman–Crippen MR) is 93.6 cm³/mol. The van der Waals surface area contributed by atoms with Crippen molar-refractivity contribution in [3.63, 3.8) is 0 Å². The molecule has 1 aromatic carbocycles. The minimum absolute atomic E-state index is 0.131. The molecule has 0 aliphatic carbocycles. The van der Waals surface area contributed by atoms with Gasteiger partial charge in [0.25, 0.3) is 0 Å². The minimum Gasteiger partial charge on any atom is -0.463 e. The molecule has 1 heterocycles. The van der Waals surface area contributed by atoms with Crippen LogP contribution in [0.2, 0.25) is 0 Å². The van der Waals surface area contributed by atoms with Gasteiger partial charge in [-0.05, 0) is 5.56 Å². The summed E-state index contributed by atoms with van der Waals surface area (Å²) < 4.78 is 26.7. The number of carbonyl (C=O) groups excluding carboxylic acids is 3. The second-order valence-electron chi connectivity index (χ2n) is 6.28. The molecule has 2 rings (SSSR count). The van der Waals surface area contributed by atoms with Gasteiger partial charge in [0.05, 0.1) is 6.61 Å². The summed E-state index contributed by atoms with van der Waals surface area (Å²) in [6, 6.07) is 9.20. The van der Waals surface area contributed by atoms with Crippen LogP contribution in [0.25, 0.3) is 0 Å². The molecule has 0 spiro atoms. The number of benzene rings is 1. The number of esters is 3. The molecule has 0 radical (unpaired) electrons. The van der Waals surface area contributed by atoms with E-state index in [4.69, 9.17) is 23.7 Å². The van der Waals surface area contributed by atoms with Crippen molar-refractivity contribution in [3.8, 4) is 0 Å². The molecule has 154 valence electrons. The Morgan fingerprint density at radius 3 is 2.11 bits per heavy atom. The Labute approximate surface area is 162 Å². The highest BCUT2D eigenvalue weighted by atomic mass is 16.7. The van der Waals surface area contributed by atoms with Gasteiger partial charge in [0, 0.05) is 20.8 Å². The number of hydrogen-bond donors (Lipinski definition) is 1. The van der Waals surface area contributed by atoms with Crippen LogP contribution in [0.1, 0.15) is 26.3 Å². The highest BCUT2D eigenvalue weighted by Gasteiger charge is 2.50. The van der Waals surface area contributed by atoms with Crippen molar-refractivity contribution in [3.05, 3.63) is 35.9 Å². The Morgan fingerprint density at radius 1 is 0.929 bits per heavy atom. The molecule has 1 aliphatic rings. The normalized spacial score (nSPS) is 26.9. The summed E-state index contributed by atoms with van der Waals surface area (Å²) in [6.07, 6.45) is -5.95. The maximum absolute atomic E-state index is 11.6. The van der Waals surface area contributed by atoms with Crippen molar-refractivity contribution in [1.29, 1.82) is 0 Å². The summed E-state index contributed by atoms with van der Waals surface area (Å²) in [5.41, 5.74) is 0.838. The van der Waals surface area contributed by atoms with Crippen LogP contribution in [-0.2, 0) is 44.7 Å². The lowest BCUT2D eigenvalue weighted by atomic mass is 9.98. The van der Waals surface area contributed by atoms with E-state index in [0.717, 1.165) is 12.5 Å². The highest BCUT2D eigenvalue weighted by Crippen LogP contribution is 2.28. The molecule has 9 nitrogen and oxygen atoms in total. The molecule has 0 saturated carbocycles. The van der Waals surface area contributed by atoms with E-state index in [9.17, 15) is 19.5 Å². The summed E-state index contributed by atoms with van der Waals surface area (Å²) >= 11 is 0. The second-order valence-corrected chi connectivity index (χ2v) is 6.28. The van der Waals surface area contributed by atoms with Gasteiger partial charge in [-0.2, -0.15) is 0 Å². The molecule has 1 saturated heterocycles. The second kappa shape index (κ2) is 10.2. The first-order valence-electron chi connectivity index (χ1n) is 8.74. The molecule has 0 aromatic heterocycles. The molecule has 9 heteroatoms. The number of carbonyl (C=O) groups is 3. The fourth-order valence-electron chi connectivity index (χ4n) is 2.84. The Bertz CT molecular complexity index is 675. The maximum Gasteiger partial charge on any atom is 0.303 e. The van der Waals surface area contributed by atoms with Crippen molar-refractivity contribution < 1.29 is 43.2 Å². The van der Waals surface area contributed by atoms with Gasteiger partial charge in [0.15, 0.2) is 18.5 Å². The van der Waals surface area contributed by atoms with E-state index < -0.39 is 48.6 Å². The van der Waals surface area contributed by atoms with Crippen LogP contribution in [0.15, 0.2) is 30.3 Å². The van der Waals surface area contributed by atoms with Crippen molar-refractivity contribution in [2.45, 2.75) is 58.1 Å². The Balaban J connectivity index is 2.26. The fraction of sp³-hybridized carbons (Fsp3) is 0.526. The predicted octanol–water partition coefficient (Wildman–Crippen LogP) is 0.716. The largest absolute Gasteiger partial charge is 0.463 e. The summed E-state index contributed by atoms with van der Waals surface area (Å²) in [6.45, 7) is 3.46. The first kappa shape index (κ1) is 21.8. The zero-order chi connectivity index (χ0) is 20.7. The van der Waals surface area contributed by atoms with Crippen LogP contribution in [0.5, 0.6) is 0 Å². The van der Waals surface area contributed by atoms with Gasteiger partial charge in [0.2, 0.25) is 0 Å². The lowest BCUT2D eigenvalue weighted by Crippen LogP contribution is -2.62. The molecule has 28 heavy (non-hydrogen) atoms. The molecule has 1 fully saturated rings. The van der Waals surface area contributed by atoms with Crippen molar-refractivity contribution >= 4 is 17.9 Å². The molecule has 0 bridgehead atoms. The van der Waals surface area contributed by atoms with Crippen LogP contribution >= 0.6 is 0 Å². The summed E-state index contributed by atoms with van der Waals surface area (Å²) in [4.78, 5) is 34.2. The van der Waals surface area contributed by atoms with Gasteiger partial charge in [-0.25, -0.2) is 0 Å². The zero-order valence-corrected chi connectivity index (χ0v) is 15.9. The standard InChI is InChI=1S/C19H24O9/c1-11(20)24-10-15-16(25-9-14-7-5-4-6-8-14)17(26-12(2)21)18(19(23)28-15)27-13(3)22/h4-8,15-19,23H,9-10H2,1-3H3/t15-,16+,17+,18-,19?/m1/s1. The minimum atomic E-state index is -1.59. The van der Waals surface area contributed by atoms with Gasteiger partial charge >= 0.3 is 17.9 Å². The van der Waals surface area contributed by atoms with E-state index >= 15 is 0 Å². The monoisotopic (exact) mass is 396 g/mol. The van der Waals surface area contributed by atoms with E-state index in [1.54, 1.807) is 0 Å². The van der Waals surface area contributed by atoms with Gasteiger partial charge in [-0.1, -0.05) is 30.3 Å². The molecular weight excluding hydrogens is 372 g/mol. The van der Waals surface area contributed by atoms with Gasteiger partial charge in [-0.15, -0.1) is 0 Å². The van der Waals surface area contributed by atoms with Crippen LogP contribution < -0.4 is 0 Å². The molecular formula is C19H24O9. The maximum atomic E-state index is 11.6. The first-order valence-corrected chi connectivity index (χ1v) is 8.74. The SMILES string of the molecule is CC(=O)OC[C@H]1OC(O)[C@H](OC(C)=O)[C@@H](OC(C)=O)[C@H]1OCc1ccccc1. The molecule has 1 N–H and O–H groups in total. The summed E-state index contributed by atoms with van der Waals surface area (Å²) in [5, 5.41) is 10.3. The van der Waals surface area contributed by atoms with Crippen LogP contribution in [0.4, 0.5) is 0 Å². The number of ether oxygens (including phenoxy) is 5. The molecule has 0 amide bonds. The van der Waals surface area contributed by atoms with E-state index in [2.05, 4.69) is 0 Å². The lowest BCUT2D eigenvalue weighted by Gasteiger charge is -2.43. The van der Waals surface area contributed by atoms with Crippen molar-refractivity contribution in [1.82, 2.24) is 0 Å². The first-order chi connectivity index (χ1) is 13.3. The summed E-state index contributed by atoms with van der Waals surface area (Å²) in [7, 11) is 0. The average molecular weight is 396 g/mol. The number of aliphatic hydroxyl groups excluding tert-OH is 1. The Hall–Kier alpha value is -2.49. The third-order valence-electron chi connectivity index (χ3n) is 3.95. The van der Waals surface area contributed by atoms with Crippen molar-refractivity contribution in [2.75, 3.05) is 6.61 Å². The highest BCUT2D eigenvalue weighted by molar-refractivity contribution is 5.67. The van der Waals surface area contributed by atoms with Gasteiger partial charge < -0.3 is 28.8 Å². The lowest BCUT2D eigenvalue weighted by molar-refractivity contribution is -0.301. The van der Waals surface area contributed by atoms with Crippen LogP contribution in [-0.4, -0.2) is 60.3 Å². The van der Waals surface area contributed by atoms with E-state index in [1.807, 2.05) is 30.3 Å². The molecule has 1 aliphatic heterocycles. The van der Waals surface area contributed by atoms with Gasteiger partial charge in [0.1, 0.15) is 18.8 Å². The topological polar surface area (TPSA) is 118 Å². The van der Waals surface area contributed by atoms with E-state index in [1.165, 1.54) is 13.8 Å². The van der Waals surface area contributed by atoms with E-state index in [0.29, 0.717) is 0 Å². The third-order valence-corrected chi connectivity index (χ3v) is 3.95. The molecule has 1 unspecified atom stereocenters. The fourth-order valence-corrected chi connectivity index (χ4v) is 2.84. The van der Waals surface area contributed by atoms with Crippen LogP contribution in [0, 0.1) is 0 Å². The quantitative estimate of drug-likeness (QED) is 0.525. The number of rotatable bonds is 7. The summed E-state index contributed by atoms with van der Waals surface area (Å²) in [5.74, 6) is -1.90. The van der Waals surface area contributed by atoms with Gasteiger partial charge in [-0.3, -0.25) is 14.4 Å². The smallest absolute Gasteiger partial charge is 0.303 e. The zero-order valence-electron chi connectivity index (χ0n) is 15.9. The van der Waals surface area contributed by atoms with Crippen LogP contribution in [0.3, 0.4) is 0 Å². The third kappa shape index (κ3) is 6.29. The molecule has 1 aromatic rings. The Morgan fingerprint density at radius 2 is 1.54 bits per heavy atom. The van der Waals surface area contributed by atoms with E-state index in [-0.39, 0.29) is 13.2 Å². The Kier molecular flexibility index (Phi) is 7.91. The number of aliphatic hydroxyl groups is 1. The average Bonchev–Trinajstić information content (AvgIpc) is 2.62. The molecule has 5 atom stereocenters.